The minimum Gasteiger partial charge on any atom is -0.494 e. The molecule has 4 rings (SSSR count). The second-order valence-electron chi connectivity index (χ2n) is 8.20. The van der Waals surface area contributed by atoms with Crippen LogP contribution in [0.5, 0.6) is 5.75 Å². The number of hydrogen-bond acceptors (Lipinski definition) is 5. The standard InChI is InChI=1S/C25H31N5O2/c1-3-4-7-14-32-19-12-10-18(11-13-19)23-15-24(29-28-23)25(31)30-26-16-21-17(2)27-22-9-6-5-8-20(21)22/h5-6,8-13,16,23-24,27-29H,3-4,7,14-15H2,1-2H3,(H,30,31)/b26-16+. The molecule has 3 aromatic rings. The Morgan fingerprint density at radius 1 is 1.16 bits per heavy atom. The van der Waals surface area contributed by atoms with Crippen LogP contribution in [0.1, 0.15) is 55.5 Å². The number of nitrogens with zero attached hydrogens (tertiary/aromatic N) is 1. The highest BCUT2D eigenvalue weighted by atomic mass is 16.5. The monoisotopic (exact) mass is 433 g/mol. The normalized spacial score (nSPS) is 18.4. The lowest BCUT2D eigenvalue weighted by molar-refractivity contribution is -0.122. The smallest absolute Gasteiger partial charge is 0.258 e. The van der Waals surface area contributed by atoms with E-state index in [-0.39, 0.29) is 18.0 Å². The van der Waals surface area contributed by atoms with Crippen LogP contribution in [0.4, 0.5) is 0 Å². The Morgan fingerprint density at radius 3 is 2.78 bits per heavy atom. The summed E-state index contributed by atoms with van der Waals surface area (Å²) in [7, 11) is 0. The maximum absolute atomic E-state index is 12.6. The van der Waals surface area contributed by atoms with Crippen LogP contribution in [0.25, 0.3) is 10.9 Å². The van der Waals surface area contributed by atoms with Crippen LogP contribution in [-0.2, 0) is 4.79 Å². The molecule has 7 heteroatoms. The number of H-pyrrole nitrogens is 1. The van der Waals surface area contributed by atoms with E-state index in [0.717, 1.165) is 46.5 Å². The van der Waals surface area contributed by atoms with Gasteiger partial charge < -0.3 is 9.72 Å². The molecule has 2 atom stereocenters. The van der Waals surface area contributed by atoms with E-state index in [4.69, 9.17) is 4.74 Å². The second kappa shape index (κ2) is 10.4. The highest BCUT2D eigenvalue weighted by Crippen LogP contribution is 2.24. The number of aromatic nitrogens is 1. The third kappa shape index (κ3) is 5.18. The van der Waals surface area contributed by atoms with Crippen molar-refractivity contribution in [2.24, 2.45) is 5.10 Å². The van der Waals surface area contributed by atoms with Crippen molar-refractivity contribution in [3.05, 3.63) is 65.4 Å². The minimum absolute atomic E-state index is 0.0553. The van der Waals surface area contributed by atoms with Gasteiger partial charge >= 0.3 is 0 Å². The SMILES string of the molecule is CCCCCOc1ccc(C2CC(C(=O)N/N=C/c3c(C)[nH]c4ccccc34)NN2)cc1. The van der Waals surface area contributed by atoms with Crippen molar-refractivity contribution in [1.29, 1.82) is 0 Å². The molecule has 2 heterocycles. The fraction of sp³-hybridized carbons (Fsp3) is 0.360. The number of hydrogen-bond donors (Lipinski definition) is 4. The first kappa shape index (κ1) is 22.0. The fourth-order valence-corrected chi connectivity index (χ4v) is 3.99. The summed E-state index contributed by atoms with van der Waals surface area (Å²) in [6.07, 6.45) is 5.79. The molecule has 2 aromatic carbocycles. The number of fused-ring (bicyclic) bond motifs is 1. The van der Waals surface area contributed by atoms with Crippen LogP contribution in [0.2, 0.25) is 0 Å². The summed E-state index contributed by atoms with van der Waals surface area (Å²) >= 11 is 0. The molecule has 0 saturated carbocycles. The third-order valence-electron chi connectivity index (χ3n) is 5.83. The number of carbonyl (C=O) groups excluding carboxylic acids is 1. The summed E-state index contributed by atoms with van der Waals surface area (Å²) in [6.45, 7) is 4.93. The zero-order chi connectivity index (χ0) is 22.3. The second-order valence-corrected chi connectivity index (χ2v) is 8.20. The number of para-hydroxylation sites is 1. The van der Waals surface area contributed by atoms with Crippen LogP contribution in [0, 0.1) is 6.92 Å². The van der Waals surface area contributed by atoms with Crippen LogP contribution in [-0.4, -0.2) is 29.8 Å². The zero-order valence-corrected chi connectivity index (χ0v) is 18.7. The van der Waals surface area contributed by atoms with Gasteiger partial charge in [0.2, 0.25) is 0 Å². The lowest BCUT2D eigenvalue weighted by atomic mass is 10.0. The summed E-state index contributed by atoms with van der Waals surface area (Å²) in [5.74, 6) is 0.719. The van der Waals surface area contributed by atoms with Crippen LogP contribution in [0.3, 0.4) is 0 Å². The molecular formula is C25H31N5O2. The van der Waals surface area contributed by atoms with Gasteiger partial charge in [0.05, 0.1) is 12.8 Å². The van der Waals surface area contributed by atoms with E-state index in [1.165, 1.54) is 12.8 Å². The number of rotatable bonds is 9. The Hall–Kier alpha value is -3.16. The number of benzene rings is 2. The van der Waals surface area contributed by atoms with E-state index in [0.29, 0.717) is 6.42 Å². The van der Waals surface area contributed by atoms with Gasteiger partial charge in [-0.2, -0.15) is 5.10 Å². The van der Waals surface area contributed by atoms with Gasteiger partial charge in [-0.3, -0.25) is 4.79 Å². The van der Waals surface area contributed by atoms with E-state index in [1.807, 2.05) is 55.5 Å². The lowest BCUT2D eigenvalue weighted by Gasteiger charge is -2.11. The number of hydrazone groups is 1. The zero-order valence-electron chi connectivity index (χ0n) is 18.7. The predicted molar refractivity (Wildman–Crippen MR) is 128 cm³/mol. The van der Waals surface area contributed by atoms with Gasteiger partial charge in [-0.1, -0.05) is 50.1 Å². The molecule has 0 spiro atoms. The molecule has 32 heavy (non-hydrogen) atoms. The molecule has 0 aliphatic carbocycles. The van der Waals surface area contributed by atoms with Gasteiger partial charge in [0, 0.05) is 28.2 Å². The molecule has 1 fully saturated rings. The molecule has 2 unspecified atom stereocenters. The van der Waals surface area contributed by atoms with Crippen molar-refractivity contribution < 1.29 is 9.53 Å². The summed E-state index contributed by atoms with van der Waals surface area (Å²) in [5.41, 5.74) is 13.1. The average molecular weight is 434 g/mol. The van der Waals surface area contributed by atoms with Crippen molar-refractivity contribution in [2.45, 2.75) is 51.6 Å². The van der Waals surface area contributed by atoms with Gasteiger partial charge in [-0.05, 0) is 43.5 Å². The number of amides is 1. The number of ether oxygens (including phenoxy) is 1. The first-order valence-electron chi connectivity index (χ1n) is 11.3. The predicted octanol–water partition coefficient (Wildman–Crippen LogP) is 4.10. The van der Waals surface area contributed by atoms with Gasteiger partial charge in [0.1, 0.15) is 11.8 Å². The fourth-order valence-electron chi connectivity index (χ4n) is 3.99. The van der Waals surface area contributed by atoms with Crippen molar-refractivity contribution >= 4 is 23.0 Å². The Labute approximate surface area is 188 Å². The molecule has 0 radical (unpaired) electrons. The van der Waals surface area contributed by atoms with Crippen molar-refractivity contribution in [3.8, 4) is 5.75 Å². The van der Waals surface area contributed by atoms with Crippen LogP contribution < -0.4 is 21.0 Å². The Bertz CT molecular complexity index is 1070. The highest BCUT2D eigenvalue weighted by molar-refractivity contribution is 6.00. The lowest BCUT2D eigenvalue weighted by Crippen LogP contribution is -2.41. The maximum Gasteiger partial charge on any atom is 0.258 e. The van der Waals surface area contributed by atoms with E-state index < -0.39 is 0 Å². The molecule has 1 saturated heterocycles. The molecular weight excluding hydrogens is 402 g/mol. The summed E-state index contributed by atoms with van der Waals surface area (Å²) in [4.78, 5) is 15.9. The van der Waals surface area contributed by atoms with E-state index in [9.17, 15) is 4.79 Å². The molecule has 1 aliphatic heterocycles. The molecule has 1 aliphatic rings. The van der Waals surface area contributed by atoms with Gasteiger partial charge in [-0.25, -0.2) is 16.3 Å². The van der Waals surface area contributed by atoms with Crippen LogP contribution >= 0.6 is 0 Å². The quantitative estimate of drug-likeness (QED) is 0.232. The number of aromatic amines is 1. The minimum atomic E-state index is -0.355. The highest BCUT2D eigenvalue weighted by Gasteiger charge is 2.30. The Balaban J connectivity index is 1.29. The van der Waals surface area contributed by atoms with Crippen molar-refractivity contribution in [2.75, 3.05) is 6.61 Å². The number of unbranched alkanes of at least 4 members (excludes halogenated alkanes) is 2. The first-order chi connectivity index (χ1) is 15.7. The average Bonchev–Trinajstić information content (AvgIpc) is 3.42. The third-order valence-corrected chi connectivity index (χ3v) is 5.83. The van der Waals surface area contributed by atoms with Gasteiger partial charge in [-0.15, -0.1) is 0 Å². The molecule has 0 bridgehead atoms. The molecule has 1 amide bonds. The maximum atomic E-state index is 12.6. The molecule has 1 aromatic heterocycles. The summed E-state index contributed by atoms with van der Waals surface area (Å²) < 4.78 is 5.78. The Morgan fingerprint density at radius 2 is 1.97 bits per heavy atom. The van der Waals surface area contributed by atoms with Crippen molar-refractivity contribution in [1.82, 2.24) is 21.3 Å². The molecule has 168 valence electrons. The first-order valence-corrected chi connectivity index (χ1v) is 11.3. The molecule has 4 N–H and O–H groups in total. The topological polar surface area (TPSA) is 90.5 Å². The van der Waals surface area contributed by atoms with Crippen molar-refractivity contribution in [3.63, 3.8) is 0 Å². The Kier molecular flexibility index (Phi) is 7.19. The summed E-state index contributed by atoms with van der Waals surface area (Å²) in [5, 5.41) is 5.28. The van der Waals surface area contributed by atoms with Crippen LogP contribution in [0.15, 0.2) is 53.6 Å². The number of hydrazine groups is 1. The number of aryl methyl sites for hydroxylation is 1. The summed E-state index contributed by atoms with van der Waals surface area (Å²) in [6, 6.07) is 15.8. The van der Waals surface area contributed by atoms with E-state index in [1.54, 1.807) is 6.21 Å². The van der Waals surface area contributed by atoms with E-state index in [2.05, 4.69) is 33.3 Å². The van der Waals surface area contributed by atoms with E-state index >= 15 is 0 Å². The number of carbonyl (C=O) groups is 1. The molecule has 7 nitrogen and oxygen atoms in total. The largest absolute Gasteiger partial charge is 0.494 e. The van der Waals surface area contributed by atoms with Gasteiger partial charge in [0.25, 0.3) is 5.91 Å². The number of nitrogens with one attached hydrogen (secondary N) is 4. The van der Waals surface area contributed by atoms with Gasteiger partial charge in [0.15, 0.2) is 0 Å².